The van der Waals surface area contributed by atoms with E-state index < -0.39 is 26.8 Å². The molecule has 1 aliphatic rings. The molecule has 0 heterocycles. The van der Waals surface area contributed by atoms with E-state index in [2.05, 4.69) is 10.2 Å². The molecule has 2 aromatic rings. The number of anilines is 2. The number of benzene rings is 2. The predicted molar refractivity (Wildman–Crippen MR) is 99.0 cm³/mol. The zero-order valence-corrected chi connectivity index (χ0v) is 15.1. The molecule has 10 N–H and O–H groups in total. The van der Waals surface area contributed by atoms with Crippen molar-refractivity contribution in [1.82, 2.24) is 0 Å². The average molecular weight is 394 g/mol. The third-order valence-electron chi connectivity index (χ3n) is 3.63. The number of hydrogen-bond donors (Lipinski definition) is 6. The van der Waals surface area contributed by atoms with Gasteiger partial charge in [-0.1, -0.05) is 0 Å². The number of rotatable bonds is 4. The van der Waals surface area contributed by atoms with Crippen molar-refractivity contribution in [1.29, 1.82) is 0 Å². The van der Waals surface area contributed by atoms with Gasteiger partial charge < -0.3 is 10.2 Å². The van der Waals surface area contributed by atoms with E-state index in [1.807, 2.05) is 0 Å². The summed E-state index contributed by atoms with van der Waals surface area (Å²) >= 11 is 0. The molecule has 0 saturated heterocycles. The van der Waals surface area contributed by atoms with E-state index in [1.165, 1.54) is 36.4 Å². The van der Waals surface area contributed by atoms with Gasteiger partial charge in [0.2, 0.25) is 0 Å². The lowest BCUT2D eigenvalue weighted by molar-refractivity contribution is 0.0979. The number of hydrogen-bond acceptors (Lipinski definition) is 4. The average Bonchev–Trinajstić information content (AvgIpc) is 2.49. The molecule has 0 atom stereocenters. The fourth-order valence-corrected chi connectivity index (χ4v) is 3.78. The Balaban J connectivity index is 2.05. The molecule has 2 aromatic carbocycles. The van der Waals surface area contributed by atoms with Gasteiger partial charge >= 0.3 is 0 Å². The molecular weight excluding hydrogens is 378 g/mol. The third-order valence-corrected chi connectivity index (χ3v) is 4.84. The highest BCUT2D eigenvalue weighted by Crippen LogP contribution is 2.35. The van der Waals surface area contributed by atoms with Crippen molar-refractivity contribution in [2.75, 3.05) is 10.2 Å². The SMILES string of the molecule is NP(N)(=O)Nc1ccc2c(c1)C(=O)c1ccc(NP(N)(N)=O)cc1C2=O. The number of carbonyl (C=O) groups excluding carboxylic acids is 2. The zero-order chi connectivity index (χ0) is 19.3. The van der Waals surface area contributed by atoms with E-state index >= 15 is 0 Å². The Morgan fingerprint density at radius 2 is 0.962 bits per heavy atom. The van der Waals surface area contributed by atoms with Crippen LogP contribution in [0.1, 0.15) is 31.8 Å². The van der Waals surface area contributed by atoms with Gasteiger partial charge in [-0.25, -0.2) is 0 Å². The van der Waals surface area contributed by atoms with Crippen molar-refractivity contribution in [2.45, 2.75) is 0 Å². The lowest BCUT2D eigenvalue weighted by atomic mass is 9.83. The highest BCUT2D eigenvalue weighted by Gasteiger charge is 2.30. The number of nitrogens with one attached hydrogen (secondary N) is 2. The van der Waals surface area contributed by atoms with Crippen LogP contribution >= 0.6 is 15.2 Å². The van der Waals surface area contributed by atoms with Crippen LogP contribution in [0.3, 0.4) is 0 Å². The van der Waals surface area contributed by atoms with Crippen LogP contribution in [-0.4, -0.2) is 11.6 Å². The predicted octanol–water partition coefficient (Wildman–Crippen LogP) is 1.34. The van der Waals surface area contributed by atoms with Crippen LogP contribution in [-0.2, 0) is 9.13 Å². The van der Waals surface area contributed by atoms with E-state index in [9.17, 15) is 18.7 Å². The van der Waals surface area contributed by atoms with Gasteiger partial charge in [0.1, 0.15) is 0 Å². The highest BCUT2D eigenvalue weighted by atomic mass is 31.2. The Labute approximate surface area is 148 Å². The van der Waals surface area contributed by atoms with Gasteiger partial charge in [0.25, 0.3) is 15.2 Å². The molecule has 0 aliphatic heterocycles. The summed E-state index contributed by atoms with van der Waals surface area (Å²) < 4.78 is 23.0. The largest absolute Gasteiger partial charge is 0.313 e. The van der Waals surface area contributed by atoms with Gasteiger partial charge in [-0.2, -0.15) is 0 Å². The maximum Gasteiger partial charge on any atom is 0.298 e. The first kappa shape index (κ1) is 18.5. The molecule has 10 nitrogen and oxygen atoms in total. The summed E-state index contributed by atoms with van der Waals surface area (Å²) in [5.41, 5.74) is 22.2. The van der Waals surface area contributed by atoms with Crippen LogP contribution in [0.5, 0.6) is 0 Å². The van der Waals surface area contributed by atoms with Gasteiger partial charge in [0, 0.05) is 33.6 Å². The molecule has 0 amide bonds. The summed E-state index contributed by atoms with van der Waals surface area (Å²) in [5.74, 6) is -0.810. The Kier molecular flexibility index (Phi) is 4.36. The number of ketones is 2. The molecule has 12 heteroatoms. The molecule has 0 radical (unpaired) electrons. The molecule has 0 aromatic heterocycles. The van der Waals surface area contributed by atoms with Crippen molar-refractivity contribution >= 4 is 38.1 Å². The van der Waals surface area contributed by atoms with Crippen molar-refractivity contribution in [3.05, 3.63) is 58.7 Å². The van der Waals surface area contributed by atoms with Crippen LogP contribution in [0.4, 0.5) is 11.4 Å². The summed E-state index contributed by atoms with van der Waals surface area (Å²) in [4.78, 5) is 25.5. The molecular formula is C14H16N6O4P2. The summed E-state index contributed by atoms with van der Waals surface area (Å²) in [5, 5.41) is 4.81. The molecule has 0 fully saturated rings. The fourth-order valence-electron chi connectivity index (χ4n) is 2.69. The third kappa shape index (κ3) is 3.76. The Bertz CT molecular complexity index is 958. The second kappa shape index (κ2) is 6.14. The molecule has 0 saturated carbocycles. The van der Waals surface area contributed by atoms with E-state index in [-0.39, 0.29) is 33.6 Å². The maximum atomic E-state index is 12.7. The Morgan fingerprint density at radius 3 is 1.27 bits per heavy atom. The van der Waals surface area contributed by atoms with Crippen LogP contribution in [0.25, 0.3) is 0 Å². The number of nitrogens with two attached hydrogens (primary N) is 4. The summed E-state index contributed by atoms with van der Waals surface area (Å²) in [6, 6.07) is 8.44. The first-order chi connectivity index (χ1) is 11.9. The summed E-state index contributed by atoms with van der Waals surface area (Å²) in [7, 11) is -7.11. The molecule has 0 spiro atoms. The molecule has 26 heavy (non-hydrogen) atoms. The molecule has 1 aliphatic carbocycles. The van der Waals surface area contributed by atoms with Crippen LogP contribution in [0.15, 0.2) is 36.4 Å². The fraction of sp³-hybridized carbons (Fsp3) is 0. The second-order valence-electron chi connectivity index (χ2n) is 5.82. The highest BCUT2D eigenvalue weighted by molar-refractivity contribution is 7.60. The molecule has 136 valence electrons. The Morgan fingerprint density at radius 1 is 0.615 bits per heavy atom. The topological polar surface area (TPSA) is 196 Å². The first-order valence-corrected chi connectivity index (χ1v) is 10.9. The van der Waals surface area contributed by atoms with Gasteiger partial charge in [0.15, 0.2) is 11.6 Å². The Hall–Kier alpha value is -2.32. The second-order valence-corrected chi connectivity index (χ2v) is 9.11. The quantitative estimate of drug-likeness (QED) is 0.351. The lowest BCUT2D eigenvalue weighted by Crippen LogP contribution is -2.22. The van der Waals surface area contributed by atoms with E-state index in [4.69, 9.17) is 22.0 Å². The monoisotopic (exact) mass is 394 g/mol. The normalized spacial score (nSPS) is 13.8. The zero-order valence-electron chi connectivity index (χ0n) is 13.3. The van der Waals surface area contributed by atoms with Gasteiger partial charge in [-0.05, 0) is 36.4 Å². The first-order valence-electron chi connectivity index (χ1n) is 7.23. The van der Waals surface area contributed by atoms with Crippen molar-refractivity contribution < 1.29 is 18.7 Å². The minimum atomic E-state index is -3.56. The smallest absolute Gasteiger partial charge is 0.298 e. The molecule has 0 bridgehead atoms. The van der Waals surface area contributed by atoms with Gasteiger partial charge in [-0.3, -0.25) is 40.7 Å². The van der Waals surface area contributed by atoms with Crippen molar-refractivity contribution in [3.8, 4) is 0 Å². The molecule has 3 rings (SSSR count). The van der Waals surface area contributed by atoms with Gasteiger partial charge in [-0.15, -0.1) is 0 Å². The van der Waals surface area contributed by atoms with Crippen LogP contribution in [0, 0.1) is 0 Å². The maximum absolute atomic E-state index is 12.7. The van der Waals surface area contributed by atoms with Gasteiger partial charge in [0.05, 0.1) is 0 Å². The van der Waals surface area contributed by atoms with Crippen LogP contribution < -0.4 is 32.2 Å². The van der Waals surface area contributed by atoms with Crippen molar-refractivity contribution in [2.24, 2.45) is 22.0 Å². The minimum absolute atomic E-state index is 0.130. The number of carbonyl (C=O) groups is 2. The minimum Gasteiger partial charge on any atom is -0.313 e. The van der Waals surface area contributed by atoms with E-state index in [0.717, 1.165) is 0 Å². The van der Waals surface area contributed by atoms with E-state index in [0.29, 0.717) is 0 Å². The number of fused-ring (bicyclic) bond motifs is 2. The molecule has 0 unspecified atom stereocenters. The van der Waals surface area contributed by atoms with E-state index in [1.54, 1.807) is 0 Å². The summed E-state index contributed by atoms with van der Waals surface area (Å²) in [6.45, 7) is 0. The lowest BCUT2D eigenvalue weighted by Gasteiger charge is -2.20. The van der Waals surface area contributed by atoms with Crippen molar-refractivity contribution in [3.63, 3.8) is 0 Å². The summed E-state index contributed by atoms with van der Waals surface area (Å²) in [6.07, 6.45) is 0. The standard InChI is InChI=1S/C14H16N6O4P2/c15-25(16,23)19-7-1-3-9-11(5-7)14(22)10-4-2-8(20-26(17,18)24)6-12(10)13(9)21/h1-6H,(H5,15,16,19,23)(H5,17,18,20,24). The van der Waals surface area contributed by atoms with Crippen LogP contribution in [0.2, 0.25) is 0 Å².